The van der Waals surface area contributed by atoms with Crippen molar-refractivity contribution >= 4 is 12.1 Å². The zero-order chi connectivity index (χ0) is 17.5. The molecule has 2 atom stereocenters. The minimum absolute atomic E-state index is 0.230. The molecule has 5 heteroatoms. The first-order valence-electron chi connectivity index (χ1n) is 8.45. The molecule has 0 spiro atoms. The molecule has 1 heterocycles. The van der Waals surface area contributed by atoms with Gasteiger partial charge >= 0.3 is 12.1 Å². The third-order valence-corrected chi connectivity index (χ3v) is 4.14. The van der Waals surface area contributed by atoms with Crippen molar-refractivity contribution in [2.75, 3.05) is 20.2 Å². The van der Waals surface area contributed by atoms with Crippen LogP contribution in [0, 0.1) is 11.8 Å². The van der Waals surface area contributed by atoms with E-state index in [0.717, 1.165) is 32.1 Å². The van der Waals surface area contributed by atoms with Crippen LogP contribution in [0.2, 0.25) is 0 Å². The van der Waals surface area contributed by atoms with Crippen LogP contribution in [0.3, 0.4) is 0 Å². The third kappa shape index (κ3) is 6.63. The van der Waals surface area contributed by atoms with E-state index in [4.69, 9.17) is 9.47 Å². The van der Waals surface area contributed by atoms with Crippen molar-refractivity contribution in [1.82, 2.24) is 4.90 Å². The Balaban J connectivity index is 2.64. The lowest BCUT2D eigenvalue weighted by Crippen LogP contribution is -2.48. The molecule has 0 N–H and O–H groups in total. The lowest BCUT2D eigenvalue weighted by molar-refractivity contribution is -0.149. The lowest BCUT2D eigenvalue weighted by Gasteiger charge is -2.37. The molecule has 0 aromatic heterocycles. The van der Waals surface area contributed by atoms with Gasteiger partial charge in [0.1, 0.15) is 5.60 Å². The molecule has 0 aliphatic carbocycles. The Hall–Kier alpha value is -1.52. The molecule has 1 saturated heterocycles. The van der Waals surface area contributed by atoms with E-state index >= 15 is 0 Å². The molecule has 23 heavy (non-hydrogen) atoms. The number of rotatable bonds is 6. The van der Waals surface area contributed by atoms with Gasteiger partial charge in [0.05, 0.1) is 13.0 Å². The molecule has 1 rings (SSSR count). The van der Waals surface area contributed by atoms with E-state index in [9.17, 15) is 9.59 Å². The second-order valence-electron chi connectivity index (χ2n) is 7.18. The number of methoxy groups -OCH3 is 1. The number of unbranched alkanes of at least 4 members (excludes halogenated alkanes) is 2. The molecule has 132 valence electrons. The second-order valence-corrected chi connectivity index (χ2v) is 7.18. The molecular weight excluding hydrogens is 294 g/mol. The average Bonchev–Trinajstić information content (AvgIpc) is 2.49. The molecule has 1 fully saturated rings. The summed E-state index contributed by atoms with van der Waals surface area (Å²) in [5, 5.41) is 0. The monoisotopic (exact) mass is 325 g/mol. The second kappa shape index (κ2) is 8.94. The molecule has 0 saturated carbocycles. The number of nitrogens with zero attached hydrogens (tertiary/aromatic N) is 1. The van der Waals surface area contributed by atoms with Crippen LogP contribution in [0.4, 0.5) is 4.79 Å². The van der Waals surface area contributed by atoms with Crippen molar-refractivity contribution in [2.24, 2.45) is 11.8 Å². The van der Waals surface area contributed by atoms with Gasteiger partial charge in [-0.25, -0.2) is 4.79 Å². The number of carbonyl (C=O) groups is 2. The van der Waals surface area contributed by atoms with Crippen molar-refractivity contribution in [3.63, 3.8) is 0 Å². The zero-order valence-corrected chi connectivity index (χ0v) is 15.0. The van der Waals surface area contributed by atoms with Crippen LogP contribution < -0.4 is 0 Å². The maximum Gasteiger partial charge on any atom is 0.410 e. The number of hydrogen-bond acceptors (Lipinski definition) is 4. The van der Waals surface area contributed by atoms with Gasteiger partial charge in [-0.1, -0.05) is 12.5 Å². The predicted octanol–water partition coefficient (Wildman–Crippen LogP) is 3.78. The van der Waals surface area contributed by atoms with Gasteiger partial charge in [0.15, 0.2) is 0 Å². The van der Waals surface area contributed by atoms with Crippen LogP contribution in [0.5, 0.6) is 0 Å². The summed E-state index contributed by atoms with van der Waals surface area (Å²) < 4.78 is 10.4. The van der Waals surface area contributed by atoms with E-state index in [2.05, 4.69) is 6.58 Å². The van der Waals surface area contributed by atoms with Gasteiger partial charge in [-0.05, 0) is 52.4 Å². The van der Waals surface area contributed by atoms with Gasteiger partial charge in [-0.15, -0.1) is 6.58 Å². The number of likely N-dealkylation sites (tertiary alicyclic amines) is 1. The summed E-state index contributed by atoms with van der Waals surface area (Å²) in [6, 6.07) is 0. The third-order valence-electron chi connectivity index (χ3n) is 4.14. The maximum absolute atomic E-state index is 12.2. The fourth-order valence-electron chi connectivity index (χ4n) is 2.95. The summed E-state index contributed by atoms with van der Waals surface area (Å²) in [7, 11) is 1.41. The number of ether oxygens (including phenoxy) is 2. The molecular formula is C18H31NO4. The highest BCUT2D eigenvalue weighted by Crippen LogP contribution is 2.30. The van der Waals surface area contributed by atoms with Crippen molar-refractivity contribution in [3.8, 4) is 0 Å². The summed E-state index contributed by atoms with van der Waals surface area (Å²) in [5.74, 6) is -0.220. The quantitative estimate of drug-likeness (QED) is 0.424. The van der Waals surface area contributed by atoms with E-state index in [1.54, 1.807) is 4.90 Å². The Kier molecular flexibility index (Phi) is 7.59. The van der Waals surface area contributed by atoms with E-state index in [-0.39, 0.29) is 23.9 Å². The van der Waals surface area contributed by atoms with Gasteiger partial charge in [0.25, 0.3) is 0 Å². The molecule has 0 radical (unpaired) electrons. The highest BCUT2D eigenvalue weighted by molar-refractivity contribution is 5.75. The molecule has 0 aromatic rings. The van der Waals surface area contributed by atoms with Crippen LogP contribution in [0.15, 0.2) is 12.7 Å². The highest BCUT2D eigenvalue weighted by atomic mass is 16.6. The molecule has 1 aliphatic heterocycles. The number of hydrogen-bond donors (Lipinski definition) is 0. The molecule has 0 unspecified atom stereocenters. The molecule has 0 aromatic carbocycles. The van der Waals surface area contributed by atoms with Crippen LogP contribution >= 0.6 is 0 Å². The number of allylic oxidation sites excluding steroid dienone is 1. The van der Waals surface area contributed by atoms with Gasteiger partial charge in [-0.3, -0.25) is 4.79 Å². The predicted molar refractivity (Wildman–Crippen MR) is 90.1 cm³/mol. The first-order chi connectivity index (χ1) is 10.8. The van der Waals surface area contributed by atoms with Crippen LogP contribution in [0.1, 0.15) is 52.9 Å². The van der Waals surface area contributed by atoms with Crippen LogP contribution in [-0.4, -0.2) is 42.8 Å². The smallest absolute Gasteiger partial charge is 0.410 e. The molecule has 0 bridgehead atoms. The standard InChI is InChI=1S/C18H31NO4/c1-6-7-8-9-10-14-11-12-19(13-15(14)16(20)22-5)17(21)23-18(2,3)4/h6,14-15H,1,7-13H2,2-5H3/t14-,15+/m0/s1. The normalized spacial score (nSPS) is 21.7. The Labute approximate surface area is 140 Å². The van der Waals surface area contributed by atoms with Gasteiger partial charge in [-0.2, -0.15) is 0 Å². The number of amides is 1. The number of carbonyl (C=O) groups excluding carboxylic acids is 2. The topological polar surface area (TPSA) is 55.8 Å². The number of piperidine rings is 1. The summed E-state index contributed by atoms with van der Waals surface area (Å²) >= 11 is 0. The van der Waals surface area contributed by atoms with Crippen molar-refractivity contribution in [2.45, 2.75) is 58.5 Å². The van der Waals surface area contributed by atoms with Crippen LogP contribution in [0.25, 0.3) is 0 Å². The minimum atomic E-state index is -0.528. The van der Waals surface area contributed by atoms with Crippen molar-refractivity contribution in [1.29, 1.82) is 0 Å². The first kappa shape index (κ1) is 19.5. The van der Waals surface area contributed by atoms with E-state index in [0.29, 0.717) is 13.1 Å². The van der Waals surface area contributed by atoms with E-state index in [1.807, 2.05) is 26.8 Å². The Bertz CT molecular complexity index is 414. The van der Waals surface area contributed by atoms with E-state index in [1.165, 1.54) is 7.11 Å². The Morgan fingerprint density at radius 2 is 2.00 bits per heavy atom. The minimum Gasteiger partial charge on any atom is -0.469 e. The zero-order valence-electron chi connectivity index (χ0n) is 15.0. The Morgan fingerprint density at radius 3 is 2.57 bits per heavy atom. The summed E-state index contributed by atoms with van der Waals surface area (Å²) in [6.07, 6.45) is 6.52. The van der Waals surface area contributed by atoms with Gasteiger partial charge < -0.3 is 14.4 Å². The van der Waals surface area contributed by atoms with Gasteiger partial charge in [0.2, 0.25) is 0 Å². The highest BCUT2D eigenvalue weighted by Gasteiger charge is 2.37. The largest absolute Gasteiger partial charge is 0.469 e. The molecule has 1 amide bonds. The fraction of sp³-hybridized carbons (Fsp3) is 0.778. The summed E-state index contributed by atoms with van der Waals surface area (Å²) in [6.45, 7) is 10.3. The van der Waals surface area contributed by atoms with Crippen molar-refractivity contribution < 1.29 is 19.1 Å². The SMILES string of the molecule is C=CCCCC[C@H]1CCN(C(=O)OC(C)(C)C)C[C@H]1C(=O)OC. The van der Waals surface area contributed by atoms with E-state index < -0.39 is 5.60 Å². The molecule has 1 aliphatic rings. The summed E-state index contributed by atoms with van der Waals surface area (Å²) in [5.41, 5.74) is -0.528. The summed E-state index contributed by atoms with van der Waals surface area (Å²) in [4.78, 5) is 26.0. The number of esters is 1. The van der Waals surface area contributed by atoms with Gasteiger partial charge in [0, 0.05) is 13.1 Å². The lowest BCUT2D eigenvalue weighted by atomic mass is 9.82. The molecule has 5 nitrogen and oxygen atoms in total. The van der Waals surface area contributed by atoms with Crippen molar-refractivity contribution in [3.05, 3.63) is 12.7 Å². The first-order valence-corrected chi connectivity index (χ1v) is 8.45. The average molecular weight is 325 g/mol. The maximum atomic E-state index is 12.2. The fourth-order valence-corrected chi connectivity index (χ4v) is 2.95. The van der Waals surface area contributed by atoms with Crippen LogP contribution in [-0.2, 0) is 14.3 Å². The Morgan fingerprint density at radius 1 is 1.30 bits per heavy atom.